The lowest BCUT2D eigenvalue weighted by molar-refractivity contribution is -0.208. The van der Waals surface area contributed by atoms with Crippen LogP contribution in [0.25, 0.3) is 0 Å². The number of rotatable bonds is 18. The van der Waals surface area contributed by atoms with Crippen molar-refractivity contribution in [3.8, 4) is 6.07 Å². The van der Waals surface area contributed by atoms with Crippen LogP contribution in [0.15, 0.2) is 6.20 Å². The minimum atomic E-state index is -1.68. The van der Waals surface area contributed by atoms with Crippen LogP contribution in [-0.4, -0.2) is 156 Å². The van der Waals surface area contributed by atoms with Crippen molar-refractivity contribution in [2.75, 3.05) is 46.1 Å². The average Bonchev–Trinajstić information content (AvgIpc) is 3.76. The van der Waals surface area contributed by atoms with Crippen molar-refractivity contribution in [2.24, 2.45) is 11.8 Å². The summed E-state index contributed by atoms with van der Waals surface area (Å²) in [5.41, 5.74) is -0.755. The van der Waals surface area contributed by atoms with E-state index in [1.165, 1.54) is 4.90 Å². The van der Waals surface area contributed by atoms with Gasteiger partial charge in [-0.1, -0.05) is 5.21 Å². The molecule has 4 saturated carbocycles. The van der Waals surface area contributed by atoms with E-state index in [4.69, 9.17) is 19.3 Å². The Kier molecular flexibility index (Phi) is 13.2. The Morgan fingerprint density at radius 1 is 1.10 bits per heavy atom. The normalized spacial score (nSPS) is 29.1. The molecule has 4 bridgehead atoms. The lowest BCUT2D eigenvalue weighted by atomic mass is 9.50. The SMILES string of the molecule is CC(C)(C)N(C(=O)OCC(=O)N1CCC[C@H]1C#N)C12CC3CC(CC(OCCOCCn4cc(CNC[C@H](O)[C@@H](O)[C@H](O)[C@H](O)CO)nn4)(C3)C1)C2. The molecule has 17 heteroatoms. The lowest BCUT2D eigenvalue weighted by Gasteiger charge is -2.65. The van der Waals surface area contributed by atoms with E-state index >= 15 is 0 Å². The van der Waals surface area contributed by atoms with Crippen LogP contribution in [0.5, 0.6) is 0 Å². The number of carbonyl (C=O) groups is 2. The van der Waals surface area contributed by atoms with Gasteiger partial charge in [0.25, 0.3) is 5.91 Å². The molecule has 0 spiro atoms. The fourth-order valence-corrected chi connectivity index (χ4v) is 9.35. The summed E-state index contributed by atoms with van der Waals surface area (Å²) >= 11 is 0. The van der Waals surface area contributed by atoms with Crippen molar-refractivity contribution < 1.29 is 49.3 Å². The van der Waals surface area contributed by atoms with Crippen LogP contribution >= 0.6 is 0 Å². The third kappa shape index (κ3) is 9.40. The Morgan fingerprint density at radius 2 is 1.81 bits per heavy atom. The molecule has 7 atom stereocenters. The van der Waals surface area contributed by atoms with Crippen molar-refractivity contribution in [1.29, 1.82) is 5.26 Å². The summed E-state index contributed by atoms with van der Waals surface area (Å²) in [7, 11) is 0. The number of ether oxygens (including phenoxy) is 3. The Balaban J connectivity index is 1.07. The monoisotopic (exact) mass is 735 g/mol. The number of aromatic nitrogens is 3. The molecule has 292 valence electrons. The van der Waals surface area contributed by atoms with Gasteiger partial charge in [0.15, 0.2) is 6.61 Å². The van der Waals surface area contributed by atoms with Gasteiger partial charge in [-0.2, -0.15) is 5.26 Å². The highest BCUT2D eigenvalue weighted by Gasteiger charge is 2.63. The average molecular weight is 736 g/mol. The van der Waals surface area contributed by atoms with Gasteiger partial charge in [0, 0.05) is 31.4 Å². The molecule has 17 nitrogen and oxygen atoms in total. The Bertz CT molecular complexity index is 1380. The summed E-state index contributed by atoms with van der Waals surface area (Å²) in [6, 6.07) is 1.70. The van der Waals surface area contributed by atoms with Crippen LogP contribution in [0, 0.1) is 23.2 Å². The molecule has 1 aromatic heterocycles. The second-order valence-electron chi connectivity index (χ2n) is 16.2. The van der Waals surface area contributed by atoms with Crippen molar-refractivity contribution in [3.05, 3.63) is 11.9 Å². The molecule has 4 aliphatic carbocycles. The van der Waals surface area contributed by atoms with Gasteiger partial charge in [-0.25, -0.2) is 9.48 Å². The van der Waals surface area contributed by atoms with Gasteiger partial charge in [-0.3, -0.25) is 9.69 Å². The number of nitrogens with one attached hydrogen (secondary N) is 1. The maximum absolute atomic E-state index is 13.8. The van der Waals surface area contributed by atoms with Gasteiger partial charge in [0.2, 0.25) is 0 Å². The van der Waals surface area contributed by atoms with Gasteiger partial charge in [0.05, 0.1) is 62.0 Å². The van der Waals surface area contributed by atoms with E-state index < -0.39 is 54.2 Å². The minimum absolute atomic E-state index is 0.0841. The molecule has 1 aromatic rings. The molecule has 2 heterocycles. The predicted molar refractivity (Wildman–Crippen MR) is 183 cm³/mol. The third-order valence-corrected chi connectivity index (χ3v) is 11.0. The quantitative estimate of drug-likeness (QED) is 0.106. The number of hydrogen-bond donors (Lipinski definition) is 6. The molecular weight excluding hydrogens is 678 g/mol. The van der Waals surface area contributed by atoms with Crippen molar-refractivity contribution in [2.45, 2.75) is 132 Å². The van der Waals surface area contributed by atoms with Gasteiger partial charge in [-0.15, -0.1) is 5.10 Å². The molecule has 2 unspecified atom stereocenters. The highest BCUT2D eigenvalue weighted by Crippen LogP contribution is 2.61. The topological polar surface area (TPSA) is 236 Å². The van der Waals surface area contributed by atoms with Crippen LogP contribution in [0.3, 0.4) is 0 Å². The number of amides is 2. The molecule has 2 amide bonds. The first-order chi connectivity index (χ1) is 24.7. The Labute approximate surface area is 304 Å². The number of carbonyl (C=O) groups excluding carboxylic acids is 2. The first-order valence-corrected chi connectivity index (χ1v) is 18.5. The summed E-state index contributed by atoms with van der Waals surface area (Å²) in [5.74, 6) is 0.525. The van der Waals surface area contributed by atoms with E-state index in [1.807, 2.05) is 25.7 Å². The van der Waals surface area contributed by atoms with E-state index in [2.05, 4.69) is 21.7 Å². The second-order valence-corrected chi connectivity index (χ2v) is 16.2. The smallest absolute Gasteiger partial charge is 0.411 e. The molecule has 6 rings (SSSR count). The summed E-state index contributed by atoms with van der Waals surface area (Å²) in [6.45, 7) is 7.20. The van der Waals surface area contributed by atoms with Gasteiger partial charge in [0.1, 0.15) is 24.4 Å². The second kappa shape index (κ2) is 17.0. The fourth-order valence-electron chi connectivity index (χ4n) is 9.35. The zero-order valence-corrected chi connectivity index (χ0v) is 30.6. The number of aliphatic hydroxyl groups is 5. The number of nitrogens with zero attached hydrogens (tertiary/aromatic N) is 6. The molecule has 6 N–H and O–H groups in total. The Hall–Kier alpha value is -2.95. The first kappa shape index (κ1) is 40.2. The van der Waals surface area contributed by atoms with Crippen LogP contribution < -0.4 is 5.32 Å². The zero-order valence-electron chi connectivity index (χ0n) is 30.6. The molecule has 0 aromatic carbocycles. The molecule has 1 aliphatic heterocycles. The maximum Gasteiger partial charge on any atom is 0.411 e. The molecule has 1 saturated heterocycles. The van der Waals surface area contributed by atoms with E-state index in [1.54, 1.807) is 10.9 Å². The van der Waals surface area contributed by atoms with Gasteiger partial charge in [-0.05, 0) is 84.0 Å². The number of aliphatic hydroxyl groups excluding tert-OH is 5. The largest absolute Gasteiger partial charge is 0.439 e. The standard InChI is InChI=1S/C35H57N7O10/c1-33(2,3)42(32(49)51-21-29(46)41-6-4-5-26(41)16-36)34-12-23-11-24(13-34)15-35(14-23,22-34)52-10-9-50-8-7-40-19-25(38-39-40)17-37-18-27(44)30(47)31(48)28(45)20-43/h19,23-24,26-28,30-31,37,43-45,47-48H,4-15,17-18,20-22H2,1-3H3/t23?,24?,26-,27-,28+,30+,31+,34?,35?/m0/s1. The number of nitriles is 1. The lowest BCUT2D eigenvalue weighted by Crippen LogP contribution is -2.70. The van der Waals surface area contributed by atoms with Crippen LogP contribution in [0.4, 0.5) is 4.79 Å². The zero-order chi connectivity index (χ0) is 37.7. The van der Waals surface area contributed by atoms with E-state index in [0.717, 1.165) is 38.5 Å². The molecule has 5 fully saturated rings. The summed E-state index contributed by atoms with van der Waals surface area (Å²) < 4.78 is 19.9. The molecule has 5 aliphatic rings. The molecule has 0 radical (unpaired) electrons. The van der Waals surface area contributed by atoms with Crippen LogP contribution in [0.2, 0.25) is 0 Å². The number of hydrogen-bond acceptors (Lipinski definition) is 14. The van der Waals surface area contributed by atoms with Crippen molar-refractivity contribution in [1.82, 2.24) is 30.1 Å². The molecular formula is C35H57N7O10. The maximum atomic E-state index is 13.8. The first-order valence-electron chi connectivity index (χ1n) is 18.5. The highest BCUT2D eigenvalue weighted by atomic mass is 16.6. The highest BCUT2D eigenvalue weighted by molar-refractivity contribution is 5.81. The van der Waals surface area contributed by atoms with Crippen molar-refractivity contribution in [3.63, 3.8) is 0 Å². The van der Waals surface area contributed by atoms with Crippen molar-refractivity contribution >= 4 is 12.0 Å². The Morgan fingerprint density at radius 3 is 2.48 bits per heavy atom. The fraction of sp³-hybridized carbons (Fsp3) is 0.857. The van der Waals surface area contributed by atoms with Crippen LogP contribution in [0.1, 0.15) is 77.8 Å². The summed E-state index contributed by atoms with van der Waals surface area (Å²) in [6.07, 6.45) is 1.85. The third-order valence-electron chi connectivity index (χ3n) is 11.0. The predicted octanol–water partition coefficient (Wildman–Crippen LogP) is -0.320. The van der Waals surface area contributed by atoms with Gasteiger partial charge >= 0.3 is 6.09 Å². The summed E-state index contributed by atoms with van der Waals surface area (Å²) in [5, 5.41) is 68.6. The summed E-state index contributed by atoms with van der Waals surface area (Å²) in [4.78, 5) is 30.1. The van der Waals surface area contributed by atoms with Crippen LogP contribution in [-0.2, 0) is 32.1 Å². The minimum Gasteiger partial charge on any atom is -0.439 e. The molecule has 52 heavy (non-hydrogen) atoms. The number of likely N-dealkylation sites (tertiary alicyclic amines) is 1. The van der Waals surface area contributed by atoms with E-state index in [-0.39, 0.29) is 31.2 Å². The van der Waals surface area contributed by atoms with E-state index in [0.29, 0.717) is 63.3 Å². The van der Waals surface area contributed by atoms with Gasteiger partial charge < -0.3 is 50.0 Å². The van der Waals surface area contributed by atoms with E-state index in [9.17, 15) is 35.3 Å².